The first kappa shape index (κ1) is 9.36. The predicted molar refractivity (Wildman–Crippen MR) is 41.8 cm³/mol. The van der Waals surface area contributed by atoms with Crippen molar-refractivity contribution in [1.82, 2.24) is 0 Å². The average Bonchev–Trinajstić information content (AvgIpc) is 2.47. The van der Waals surface area contributed by atoms with Gasteiger partial charge in [-0.15, -0.1) is 0 Å². The minimum Gasteiger partial charge on any atom is -0.394 e. The third kappa shape index (κ3) is 1.47. The van der Waals surface area contributed by atoms with Crippen molar-refractivity contribution >= 4 is 0 Å². The topological polar surface area (TPSA) is 68.2 Å². The quantitative estimate of drug-likeness (QED) is 0.567. The molecule has 2 aliphatic heterocycles. The van der Waals surface area contributed by atoms with Gasteiger partial charge in [0, 0.05) is 0 Å². The fraction of sp³-hybridized carbons (Fsp3) is 1.00. The fourth-order valence-corrected chi connectivity index (χ4v) is 1.81. The molecule has 2 saturated heterocycles. The maximum Gasteiger partial charge on any atom is 0.184 e. The molecule has 0 aromatic heterocycles. The Morgan fingerprint density at radius 1 is 1.23 bits per heavy atom. The highest BCUT2D eigenvalue weighted by Gasteiger charge is 2.54. The Labute approximate surface area is 76.2 Å². The standard InChI is InChI=1S/C8H14O5/c1-8(2)12-5-4(3-9)11-7(10)6(5)13-8/h4-7,9-10H,3H2,1-2H3/t4-,5?,6+,7-/m0/s1. The molecule has 0 spiro atoms. The summed E-state index contributed by atoms with van der Waals surface area (Å²) in [6.45, 7) is 3.37. The molecule has 13 heavy (non-hydrogen) atoms. The second kappa shape index (κ2) is 2.90. The summed E-state index contributed by atoms with van der Waals surface area (Å²) in [6, 6.07) is 0. The lowest BCUT2D eigenvalue weighted by Gasteiger charge is -2.21. The van der Waals surface area contributed by atoms with Crippen LogP contribution >= 0.6 is 0 Å². The summed E-state index contributed by atoms with van der Waals surface area (Å²) in [4.78, 5) is 0. The van der Waals surface area contributed by atoms with Gasteiger partial charge < -0.3 is 24.4 Å². The maximum absolute atomic E-state index is 9.39. The Hall–Kier alpha value is -0.200. The van der Waals surface area contributed by atoms with Crippen LogP contribution in [0.2, 0.25) is 0 Å². The zero-order valence-electron chi connectivity index (χ0n) is 7.64. The van der Waals surface area contributed by atoms with Gasteiger partial charge in [0.25, 0.3) is 0 Å². The smallest absolute Gasteiger partial charge is 0.184 e. The SMILES string of the molecule is CC1(C)OC2[C@H](CO)O[C@H](O)[C@@H]2O1. The largest absolute Gasteiger partial charge is 0.394 e. The summed E-state index contributed by atoms with van der Waals surface area (Å²) in [5, 5.41) is 18.3. The van der Waals surface area contributed by atoms with Crippen LogP contribution in [0.1, 0.15) is 13.8 Å². The van der Waals surface area contributed by atoms with Crippen LogP contribution in [0.5, 0.6) is 0 Å². The van der Waals surface area contributed by atoms with Crippen LogP contribution < -0.4 is 0 Å². The molecular weight excluding hydrogens is 176 g/mol. The summed E-state index contributed by atoms with van der Waals surface area (Å²) >= 11 is 0. The lowest BCUT2D eigenvalue weighted by molar-refractivity contribution is -0.223. The minimum absolute atomic E-state index is 0.169. The van der Waals surface area contributed by atoms with Crippen LogP contribution in [0.4, 0.5) is 0 Å². The molecule has 5 nitrogen and oxygen atoms in total. The van der Waals surface area contributed by atoms with E-state index in [9.17, 15) is 5.11 Å². The molecule has 76 valence electrons. The Morgan fingerprint density at radius 2 is 1.85 bits per heavy atom. The normalized spacial score (nSPS) is 48.0. The Bertz CT molecular complexity index is 205. The number of rotatable bonds is 1. The van der Waals surface area contributed by atoms with E-state index in [4.69, 9.17) is 19.3 Å². The highest BCUT2D eigenvalue weighted by molar-refractivity contribution is 4.94. The van der Waals surface area contributed by atoms with Crippen molar-refractivity contribution in [1.29, 1.82) is 0 Å². The van der Waals surface area contributed by atoms with Gasteiger partial charge in [-0.2, -0.15) is 0 Å². The van der Waals surface area contributed by atoms with E-state index in [-0.39, 0.29) is 12.7 Å². The van der Waals surface area contributed by atoms with Gasteiger partial charge in [0.1, 0.15) is 18.3 Å². The number of hydrogen-bond donors (Lipinski definition) is 2. The lowest BCUT2D eigenvalue weighted by atomic mass is 10.1. The molecule has 0 aliphatic carbocycles. The molecule has 4 atom stereocenters. The van der Waals surface area contributed by atoms with Gasteiger partial charge in [-0.1, -0.05) is 0 Å². The molecule has 1 unspecified atom stereocenters. The molecule has 2 rings (SSSR count). The van der Waals surface area contributed by atoms with Crippen molar-refractivity contribution in [2.75, 3.05) is 6.61 Å². The van der Waals surface area contributed by atoms with E-state index < -0.39 is 24.3 Å². The molecule has 0 saturated carbocycles. The molecule has 2 aliphatic rings. The number of hydrogen-bond acceptors (Lipinski definition) is 5. The van der Waals surface area contributed by atoms with Crippen LogP contribution in [0.25, 0.3) is 0 Å². The Kier molecular flexibility index (Phi) is 2.08. The molecule has 0 amide bonds. The van der Waals surface area contributed by atoms with Gasteiger partial charge in [-0.25, -0.2) is 0 Å². The van der Waals surface area contributed by atoms with E-state index in [1.54, 1.807) is 13.8 Å². The molecule has 2 heterocycles. The number of aliphatic hydroxyl groups excluding tert-OH is 2. The Morgan fingerprint density at radius 3 is 2.46 bits per heavy atom. The van der Waals surface area contributed by atoms with Crippen LogP contribution in [0, 0.1) is 0 Å². The van der Waals surface area contributed by atoms with E-state index in [1.807, 2.05) is 0 Å². The van der Waals surface area contributed by atoms with Crippen LogP contribution in [0.3, 0.4) is 0 Å². The van der Waals surface area contributed by atoms with Crippen molar-refractivity contribution in [3.8, 4) is 0 Å². The van der Waals surface area contributed by atoms with Gasteiger partial charge >= 0.3 is 0 Å². The van der Waals surface area contributed by atoms with Gasteiger partial charge in [-0.3, -0.25) is 0 Å². The van der Waals surface area contributed by atoms with E-state index in [0.29, 0.717) is 0 Å². The zero-order chi connectivity index (χ0) is 9.64. The summed E-state index contributed by atoms with van der Waals surface area (Å²) in [5.74, 6) is -0.701. The molecule has 0 aromatic rings. The van der Waals surface area contributed by atoms with E-state index in [0.717, 1.165) is 0 Å². The van der Waals surface area contributed by atoms with E-state index in [1.165, 1.54) is 0 Å². The first-order chi connectivity index (χ1) is 6.03. The number of ether oxygens (including phenoxy) is 3. The fourth-order valence-electron chi connectivity index (χ4n) is 1.81. The molecule has 0 bridgehead atoms. The highest BCUT2D eigenvalue weighted by Crippen LogP contribution is 2.37. The van der Waals surface area contributed by atoms with Crippen LogP contribution in [-0.2, 0) is 14.2 Å². The third-order valence-electron chi connectivity index (χ3n) is 2.31. The van der Waals surface area contributed by atoms with Crippen molar-refractivity contribution in [3.63, 3.8) is 0 Å². The van der Waals surface area contributed by atoms with E-state index in [2.05, 4.69) is 0 Å². The van der Waals surface area contributed by atoms with Crippen LogP contribution in [-0.4, -0.2) is 47.2 Å². The third-order valence-corrected chi connectivity index (χ3v) is 2.31. The van der Waals surface area contributed by atoms with Crippen molar-refractivity contribution in [3.05, 3.63) is 0 Å². The first-order valence-electron chi connectivity index (χ1n) is 4.33. The summed E-state index contributed by atoms with van der Waals surface area (Å²) in [6.07, 6.45) is -2.33. The molecule has 0 radical (unpaired) electrons. The number of fused-ring (bicyclic) bond motifs is 1. The van der Waals surface area contributed by atoms with Gasteiger partial charge in [-0.05, 0) is 13.8 Å². The molecule has 2 fully saturated rings. The molecular formula is C8H14O5. The second-order valence-corrected chi connectivity index (χ2v) is 3.81. The van der Waals surface area contributed by atoms with Crippen molar-refractivity contribution in [2.45, 2.75) is 44.2 Å². The van der Waals surface area contributed by atoms with Gasteiger partial charge in [0.2, 0.25) is 0 Å². The molecule has 2 N–H and O–H groups in total. The van der Waals surface area contributed by atoms with E-state index >= 15 is 0 Å². The lowest BCUT2D eigenvalue weighted by Crippen LogP contribution is -2.31. The summed E-state index contributed by atoms with van der Waals surface area (Å²) < 4.78 is 15.9. The van der Waals surface area contributed by atoms with Gasteiger partial charge in [0.15, 0.2) is 12.1 Å². The molecule has 5 heteroatoms. The predicted octanol–water partition coefficient (Wildman–Crippen LogP) is -0.784. The minimum atomic E-state index is -0.996. The first-order valence-corrected chi connectivity index (χ1v) is 4.33. The summed E-state index contributed by atoms with van der Waals surface area (Å²) in [7, 11) is 0. The average molecular weight is 190 g/mol. The van der Waals surface area contributed by atoms with Crippen molar-refractivity contribution < 1.29 is 24.4 Å². The monoisotopic (exact) mass is 190 g/mol. The second-order valence-electron chi connectivity index (χ2n) is 3.81. The highest BCUT2D eigenvalue weighted by atomic mass is 16.8. The number of aliphatic hydroxyl groups is 2. The Balaban J connectivity index is 2.12. The molecule has 0 aromatic carbocycles. The van der Waals surface area contributed by atoms with Crippen LogP contribution in [0.15, 0.2) is 0 Å². The van der Waals surface area contributed by atoms with Crippen molar-refractivity contribution in [2.24, 2.45) is 0 Å². The summed E-state index contributed by atoms with van der Waals surface area (Å²) in [5.41, 5.74) is 0. The van der Waals surface area contributed by atoms with Gasteiger partial charge in [0.05, 0.1) is 6.61 Å². The maximum atomic E-state index is 9.39. The zero-order valence-corrected chi connectivity index (χ0v) is 7.64.